The van der Waals surface area contributed by atoms with Gasteiger partial charge in [0.05, 0.1) is 22.6 Å². The first-order valence-electron chi connectivity index (χ1n) is 11.4. The molecule has 1 unspecified atom stereocenters. The lowest BCUT2D eigenvalue weighted by Crippen LogP contribution is -2.26. The summed E-state index contributed by atoms with van der Waals surface area (Å²) >= 11 is 6.52. The molecule has 2 amide bonds. The fourth-order valence-electron chi connectivity index (χ4n) is 4.16. The monoisotopic (exact) mass is 589 g/mol. The molecule has 0 aliphatic carbocycles. The van der Waals surface area contributed by atoms with E-state index < -0.39 is 46.9 Å². The fourth-order valence-corrected chi connectivity index (χ4v) is 5.41. The first-order valence-corrected chi connectivity index (χ1v) is 12.6. The Hall–Kier alpha value is -3.59. The van der Waals surface area contributed by atoms with Gasteiger partial charge in [-0.15, -0.1) is 11.3 Å². The van der Waals surface area contributed by atoms with Crippen LogP contribution in [0.5, 0.6) is 0 Å². The summed E-state index contributed by atoms with van der Waals surface area (Å²) in [6, 6.07) is -0.184. The van der Waals surface area contributed by atoms with E-state index in [1.54, 1.807) is 11.6 Å². The molecule has 4 aromatic heterocycles. The molecule has 208 valence electrons. The molecule has 39 heavy (non-hydrogen) atoms. The van der Waals surface area contributed by atoms with Gasteiger partial charge in [0.25, 0.3) is 12.3 Å². The highest BCUT2D eigenvalue weighted by atomic mass is 35.5. The predicted molar refractivity (Wildman–Crippen MR) is 135 cm³/mol. The molecule has 0 fully saturated rings. The van der Waals surface area contributed by atoms with Gasteiger partial charge in [-0.25, -0.2) is 13.8 Å². The number of hydrogen-bond donors (Lipinski definition) is 2. The number of nitrogens with one attached hydrogen (secondary N) is 1. The number of alkyl halides is 5. The minimum atomic E-state index is -4.85. The molecular formula is C23H21ClF5N7O2S. The van der Waals surface area contributed by atoms with Crippen LogP contribution in [0, 0.1) is 13.8 Å². The van der Waals surface area contributed by atoms with Gasteiger partial charge in [0, 0.05) is 23.2 Å². The molecule has 0 aromatic carbocycles. The molecule has 4 rings (SSSR count). The summed E-state index contributed by atoms with van der Waals surface area (Å²) in [7, 11) is 0. The molecule has 0 aliphatic rings. The molecule has 3 N–H and O–H groups in total. The smallest absolute Gasteiger partial charge is 0.365 e. The van der Waals surface area contributed by atoms with E-state index in [-0.39, 0.29) is 32.0 Å². The quantitative estimate of drug-likeness (QED) is 0.260. The zero-order valence-electron chi connectivity index (χ0n) is 20.8. The molecule has 0 radical (unpaired) electrons. The van der Waals surface area contributed by atoms with Crippen molar-refractivity contribution in [3.05, 3.63) is 44.9 Å². The minimum absolute atomic E-state index is 0.000809. The van der Waals surface area contributed by atoms with Gasteiger partial charge < -0.3 is 11.1 Å². The molecule has 1 atom stereocenters. The molecule has 0 spiro atoms. The Morgan fingerprint density at radius 3 is 2.38 bits per heavy atom. The van der Waals surface area contributed by atoms with E-state index in [0.717, 1.165) is 10.7 Å². The summed E-state index contributed by atoms with van der Waals surface area (Å²) in [5.41, 5.74) is 4.71. The maximum Gasteiger partial charge on any atom is 0.436 e. The van der Waals surface area contributed by atoms with E-state index >= 15 is 0 Å². The predicted octanol–water partition coefficient (Wildman–Crippen LogP) is 5.90. The first kappa shape index (κ1) is 28.4. The lowest BCUT2D eigenvalue weighted by Gasteiger charge is -2.16. The van der Waals surface area contributed by atoms with E-state index in [2.05, 4.69) is 20.5 Å². The van der Waals surface area contributed by atoms with Crippen LogP contribution in [-0.2, 0) is 17.5 Å². The number of thiophene rings is 1. The number of rotatable bonds is 7. The van der Waals surface area contributed by atoms with Crippen molar-refractivity contribution in [3.8, 4) is 11.1 Å². The van der Waals surface area contributed by atoms with Gasteiger partial charge in [-0.1, -0.05) is 11.6 Å². The van der Waals surface area contributed by atoms with Crippen LogP contribution >= 0.6 is 22.9 Å². The number of fused-ring (bicyclic) bond motifs is 1. The number of carbonyl (C=O) groups excluding carboxylic acids is 2. The van der Waals surface area contributed by atoms with E-state index in [0.29, 0.717) is 29.1 Å². The Morgan fingerprint density at radius 2 is 1.87 bits per heavy atom. The van der Waals surface area contributed by atoms with Crippen LogP contribution in [0.15, 0.2) is 12.3 Å². The lowest BCUT2D eigenvalue weighted by molar-refractivity contribution is -0.141. The van der Waals surface area contributed by atoms with Gasteiger partial charge in [0.1, 0.15) is 21.4 Å². The average Bonchev–Trinajstić information content (AvgIpc) is 3.51. The summed E-state index contributed by atoms with van der Waals surface area (Å²) in [5, 5.41) is 9.76. The van der Waals surface area contributed by atoms with Crippen LogP contribution in [0.2, 0.25) is 5.02 Å². The van der Waals surface area contributed by atoms with Crippen molar-refractivity contribution in [2.75, 3.05) is 5.32 Å². The van der Waals surface area contributed by atoms with E-state index in [4.69, 9.17) is 17.3 Å². The summed E-state index contributed by atoms with van der Waals surface area (Å²) in [6.45, 7) is 6.61. The third-order valence-corrected chi connectivity index (χ3v) is 7.71. The number of nitrogens with two attached hydrogens (primary N) is 1. The van der Waals surface area contributed by atoms with Crippen LogP contribution in [0.3, 0.4) is 0 Å². The summed E-state index contributed by atoms with van der Waals surface area (Å²) in [5.74, 6) is -1.83. The summed E-state index contributed by atoms with van der Waals surface area (Å²) < 4.78 is 69.9. The van der Waals surface area contributed by atoms with Crippen LogP contribution in [0.4, 0.5) is 27.6 Å². The molecule has 9 nitrogen and oxygen atoms in total. The Labute approximate surface area is 226 Å². The van der Waals surface area contributed by atoms with Crippen molar-refractivity contribution >= 4 is 50.7 Å². The number of pyridine rings is 1. The largest absolute Gasteiger partial charge is 0.436 e. The number of amides is 2. The molecule has 4 aromatic rings. The van der Waals surface area contributed by atoms with E-state index in [1.165, 1.54) is 20.0 Å². The first-order chi connectivity index (χ1) is 18.2. The second-order valence-corrected chi connectivity index (χ2v) is 9.94. The average molecular weight is 590 g/mol. The number of aromatic nitrogens is 5. The van der Waals surface area contributed by atoms with Gasteiger partial charge in [0.2, 0.25) is 5.91 Å². The normalized spacial score (nSPS) is 12.9. The van der Waals surface area contributed by atoms with Crippen molar-refractivity contribution in [2.45, 2.75) is 52.9 Å². The van der Waals surface area contributed by atoms with Gasteiger partial charge >= 0.3 is 6.18 Å². The van der Waals surface area contributed by atoms with Crippen molar-refractivity contribution in [1.29, 1.82) is 0 Å². The van der Waals surface area contributed by atoms with Gasteiger partial charge in [-0.2, -0.15) is 23.4 Å². The van der Waals surface area contributed by atoms with Crippen molar-refractivity contribution in [3.63, 3.8) is 0 Å². The highest BCUT2D eigenvalue weighted by molar-refractivity contribution is 7.21. The summed E-state index contributed by atoms with van der Waals surface area (Å²) in [4.78, 5) is 29.4. The highest BCUT2D eigenvalue weighted by Gasteiger charge is 2.39. The number of carbonyl (C=O) groups is 2. The number of nitrogens with zero attached hydrogens (tertiary/aromatic N) is 5. The second-order valence-electron chi connectivity index (χ2n) is 8.56. The molecule has 0 saturated heterocycles. The molecular weight excluding hydrogens is 569 g/mol. The number of primary amides is 1. The van der Waals surface area contributed by atoms with Gasteiger partial charge in [-0.05, 0) is 39.3 Å². The SMILES string of the molecule is CCn1ncc(-c2cc(C(F)F)nc3sc(C(N)=O)c(NC(=O)C(C)n4nc(C(F)(F)F)c(Cl)c4C)c23)c1C. The molecule has 0 aliphatic heterocycles. The molecule has 0 saturated carbocycles. The topological polar surface area (TPSA) is 121 Å². The number of halogens is 6. The standard InChI is InChI=1S/C23H21ClF5N7O2S/c1-5-35-8(2)12(7-31-35)11-6-13(19(25)26)32-22-14(11)16(17(39-22)20(30)37)33-21(38)10(4)36-9(3)15(24)18(34-36)23(27,28)29/h6-7,10,19H,5H2,1-4H3,(H2,30,37)(H,33,38). The Morgan fingerprint density at radius 1 is 1.21 bits per heavy atom. The fraction of sp³-hybridized carbons (Fsp3) is 0.348. The second kappa shape index (κ2) is 10.2. The van der Waals surface area contributed by atoms with E-state index in [1.807, 2.05) is 6.92 Å². The number of anilines is 1. The number of hydrogen-bond acceptors (Lipinski definition) is 6. The molecule has 4 heterocycles. The third-order valence-electron chi connectivity index (χ3n) is 6.16. The molecule has 0 bridgehead atoms. The zero-order valence-corrected chi connectivity index (χ0v) is 22.4. The van der Waals surface area contributed by atoms with Gasteiger partial charge in [0.15, 0.2) is 5.69 Å². The van der Waals surface area contributed by atoms with Crippen molar-refractivity contribution in [2.24, 2.45) is 5.73 Å². The minimum Gasteiger partial charge on any atom is -0.365 e. The van der Waals surface area contributed by atoms with Crippen LogP contribution in [-0.4, -0.2) is 36.4 Å². The Kier molecular flexibility index (Phi) is 7.42. The third kappa shape index (κ3) is 4.95. The maximum atomic E-state index is 13.7. The van der Waals surface area contributed by atoms with Crippen LogP contribution in [0.25, 0.3) is 21.3 Å². The molecule has 16 heteroatoms. The van der Waals surface area contributed by atoms with Crippen LogP contribution < -0.4 is 11.1 Å². The Bertz CT molecular complexity index is 1610. The number of aryl methyl sites for hydroxylation is 1. The van der Waals surface area contributed by atoms with Crippen LogP contribution in [0.1, 0.15) is 58.8 Å². The summed E-state index contributed by atoms with van der Waals surface area (Å²) in [6.07, 6.45) is -6.33. The van der Waals surface area contributed by atoms with Crippen molar-refractivity contribution in [1.82, 2.24) is 24.5 Å². The highest BCUT2D eigenvalue weighted by Crippen LogP contribution is 2.43. The van der Waals surface area contributed by atoms with Gasteiger partial charge in [-0.3, -0.25) is 19.0 Å². The van der Waals surface area contributed by atoms with E-state index in [9.17, 15) is 31.5 Å². The lowest BCUT2D eigenvalue weighted by atomic mass is 10.0. The zero-order chi connectivity index (χ0) is 29.0. The Balaban J connectivity index is 1.89. The maximum absolute atomic E-state index is 13.7. The van der Waals surface area contributed by atoms with Crippen molar-refractivity contribution < 1.29 is 31.5 Å².